The molecular weight excluding hydrogens is 346 g/mol. The molecule has 2 aliphatic rings. The van der Waals surface area contributed by atoms with Gasteiger partial charge in [-0.25, -0.2) is 9.67 Å². The van der Waals surface area contributed by atoms with Gasteiger partial charge in [0.15, 0.2) is 0 Å². The summed E-state index contributed by atoms with van der Waals surface area (Å²) in [4.78, 5) is 22.9. The molecule has 7 heteroatoms. The van der Waals surface area contributed by atoms with Gasteiger partial charge in [0, 0.05) is 56.4 Å². The van der Waals surface area contributed by atoms with Crippen LogP contribution < -0.4 is 5.56 Å². The topological polar surface area (TPSA) is 54.3 Å². The summed E-state index contributed by atoms with van der Waals surface area (Å²) in [6, 6.07) is 1.82. The van der Waals surface area contributed by atoms with E-state index < -0.39 is 0 Å². The van der Waals surface area contributed by atoms with Crippen LogP contribution in [0.15, 0.2) is 17.1 Å². The molecule has 2 aromatic heterocycles. The van der Waals surface area contributed by atoms with E-state index in [2.05, 4.69) is 26.8 Å². The molecule has 0 bridgehead atoms. The lowest BCUT2D eigenvalue weighted by molar-refractivity contribution is 0.123. The van der Waals surface area contributed by atoms with E-state index in [1.807, 2.05) is 12.3 Å². The van der Waals surface area contributed by atoms with Crippen LogP contribution in [0.2, 0.25) is 0 Å². The van der Waals surface area contributed by atoms with Gasteiger partial charge in [-0.15, -0.1) is 11.3 Å². The molecule has 0 aromatic carbocycles. The van der Waals surface area contributed by atoms with Gasteiger partial charge < -0.3 is 0 Å². The Morgan fingerprint density at radius 3 is 2.62 bits per heavy atom. The SMILES string of the molecule is Cc1ncc(CN2CCN(CCn3nc4c(cc3=O)CCCC4)CC2)s1. The first-order valence-corrected chi connectivity index (χ1v) is 10.4. The Kier molecular flexibility index (Phi) is 5.47. The van der Waals surface area contributed by atoms with Crippen molar-refractivity contribution in [3.63, 3.8) is 0 Å². The average molecular weight is 374 g/mol. The molecule has 0 amide bonds. The lowest BCUT2D eigenvalue weighted by atomic mass is 9.97. The molecule has 0 N–H and O–H groups in total. The fourth-order valence-corrected chi connectivity index (χ4v) is 4.70. The van der Waals surface area contributed by atoms with Gasteiger partial charge in [-0.05, 0) is 38.2 Å². The molecule has 0 atom stereocenters. The lowest BCUT2D eigenvalue weighted by Crippen LogP contribution is -2.47. The average Bonchev–Trinajstić information content (AvgIpc) is 3.06. The van der Waals surface area contributed by atoms with Crippen molar-refractivity contribution in [2.24, 2.45) is 0 Å². The second kappa shape index (κ2) is 7.98. The highest BCUT2D eigenvalue weighted by molar-refractivity contribution is 7.11. The Morgan fingerprint density at radius 1 is 1.08 bits per heavy atom. The third-order valence-corrected chi connectivity index (χ3v) is 6.31. The maximum absolute atomic E-state index is 12.3. The summed E-state index contributed by atoms with van der Waals surface area (Å²) in [5, 5.41) is 5.77. The Bertz CT molecular complexity index is 807. The summed E-state index contributed by atoms with van der Waals surface area (Å²) >= 11 is 1.79. The molecule has 0 saturated carbocycles. The lowest BCUT2D eigenvalue weighted by Gasteiger charge is -2.34. The Balaban J connectivity index is 1.28. The van der Waals surface area contributed by atoms with Crippen LogP contribution in [0.25, 0.3) is 0 Å². The molecule has 1 fully saturated rings. The van der Waals surface area contributed by atoms with Gasteiger partial charge in [0.1, 0.15) is 0 Å². The molecule has 0 radical (unpaired) electrons. The minimum Gasteiger partial charge on any atom is -0.299 e. The highest BCUT2D eigenvalue weighted by atomic mass is 32.1. The smallest absolute Gasteiger partial charge is 0.267 e. The summed E-state index contributed by atoms with van der Waals surface area (Å²) in [6.45, 7) is 8.91. The van der Waals surface area contributed by atoms with E-state index >= 15 is 0 Å². The molecule has 26 heavy (non-hydrogen) atoms. The number of nitrogens with zero attached hydrogens (tertiary/aromatic N) is 5. The zero-order chi connectivity index (χ0) is 17.9. The first-order valence-electron chi connectivity index (χ1n) is 9.63. The first kappa shape index (κ1) is 17.8. The number of hydrogen-bond donors (Lipinski definition) is 0. The number of aromatic nitrogens is 3. The van der Waals surface area contributed by atoms with Crippen molar-refractivity contribution in [1.82, 2.24) is 24.6 Å². The second-order valence-corrected chi connectivity index (χ2v) is 8.67. The predicted molar refractivity (Wildman–Crippen MR) is 104 cm³/mol. The number of aryl methyl sites for hydroxylation is 3. The minimum absolute atomic E-state index is 0.0600. The highest BCUT2D eigenvalue weighted by Gasteiger charge is 2.18. The van der Waals surface area contributed by atoms with Gasteiger partial charge in [-0.2, -0.15) is 5.10 Å². The molecule has 0 unspecified atom stereocenters. The zero-order valence-electron chi connectivity index (χ0n) is 15.5. The van der Waals surface area contributed by atoms with E-state index in [0.717, 1.165) is 62.8 Å². The van der Waals surface area contributed by atoms with Crippen molar-refractivity contribution in [2.45, 2.75) is 45.7 Å². The van der Waals surface area contributed by atoms with Crippen LogP contribution in [0.3, 0.4) is 0 Å². The van der Waals surface area contributed by atoms with Gasteiger partial charge in [-0.3, -0.25) is 14.6 Å². The predicted octanol–water partition coefficient (Wildman–Crippen LogP) is 1.70. The highest BCUT2D eigenvalue weighted by Crippen LogP contribution is 2.17. The van der Waals surface area contributed by atoms with Crippen LogP contribution in [0, 0.1) is 6.92 Å². The number of thiazole rings is 1. The molecule has 4 rings (SSSR count). The van der Waals surface area contributed by atoms with Crippen LogP contribution in [-0.4, -0.2) is 57.3 Å². The standard InChI is InChI=1S/C19H27N5OS/c1-15-20-13-17(26-15)14-23-8-6-22(7-9-23)10-11-24-19(25)12-16-4-2-3-5-18(16)21-24/h12-13H,2-11,14H2,1H3. The van der Waals surface area contributed by atoms with Gasteiger partial charge in [0.2, 0.25) is 0 Å². The molecule has 140 valence electrons. The third-order valence-electron chi connectivity index (χ3n) is 5.42. The normalized spacial score (nSPS) is 18.8. The molecule has 0 spiro atoms. The van der Waals surface area contributed by atoms with Crippen molar-refractivity contribution < 1.29 is 0 Å². The van der Waals surface area contributed by atoms with Crippen molar-refractivity contribution in [2.75, 3.05) is 32.7 Å². The first-order chi connectivity index (χ1) is 12.7. The number of piperazine rings is 1. The number of hydrogen-bond acceptors (Lipinski definition) is 6. The minimum atomic E-state index is 0.0600. The van der Waals surface area contributed by atoms with Crippen LogP contribution in [-0.2, 0) is 25.9 Å². The number of fused-ring (bicyclic) bond motifs is 1. The molecule has 1 saturated heterocycles. The van der Waals surface area contributed by atoms with E-state index in [4.69, 9.17) is 0 Å². The van der Waals surface area contributed by atoms with Gasteiger partial charge in [0.25, 0.3) is 5.56 Å². The van der Waals surface area contributed by atoms with E-state index in [0.29, 0.717) is 6.54 Å². The zero-order valence-corrected chi connectivity index (χ0v) is 16.3. The van der Waals surface area contributed by atoms with Crippen LogP contribution in [0.5, 0.6) is 0 Å². The van der Waals surface area contributed by atoms with Crippen molar-refractivity contribution in [3.8, 4) is 0 Å². The van der Waals surface area contributed by atoms with Gasteiger partial charge >= 0.3 is 0 Å². The largest absolute Gasteiger partial charge is 0.299 e. The quantitative estimate of drug-likeness (QED) is 0.799. The Labute approximate surface area is 158 Å². The van der Waals surface area contributed by atoms with E-state index in [1.54, 1.807) is 16.0 Å². The third kappa shape index (κ3) is 4.22. The molecule has 3 heterocycles. The molecule has 1 aliphatic carbocycles. The fourth-order valence-electron chi connectivity index (χ4n) is 3.87. The maximum Gasteiger partial charge on any atom is 0.267 e. The van der Waals surface area contributed by atoms with Crippen LogP contribution >= 0.6 is 11.3 Å². The monoisotopic (exact) mass is 373 g/mol. The summed E-state index contributed by atoms with van der Waals surface area (Å²) in [7, 11) is 0. The molecule has 6 nitrogen and oxygen atoms in total. The maximum atomic E-state index is 12.3. The summed E-state index contributed by atoms with van der Waals surface area (Å²) in [6.07, 6.45) is 6.41. The van der Waals surface area contributed by atoms with Gasteiger partial charge in [-0.1, -0.05) is 0 Å². The van der Waals surface area contributed by atoms with E-state index in [-0.39, 0.29) is 5.56 Å². The molecule has 2 aromatic rings. The van der Waals surface area contributed by atoms with Crippen LogP contribution in [0.1, 0.15) is 34.0 Å². The summed E-state index contributed by atoms with van der Waals surface area (Å²) in [5.41, 5.74) is 2.37. The van der Waals surface area contributed by atoms with E-state index in [9.17, 15) is 4.79 Å². The van der Waals surface area contributed by atoms with E-state index in [1.165, 1.54) is 23.3 Å². The Hall–Kier alpha value is -1.57. The van der Waals surface area contributed by atoms with Crippen molar-refractivity contribution >= 4 is 11.3 Å². The number of rotatable bonds is 5. The summed E-state index contributed by atoms with van der Waals surface area (Å²) < 4.78 is 1.68. The van der Waals surface area contributed by atoms with Crippen molar-refractivity contribution in [3.05, 3.63) is 43.8 Å². The Morgan fingerprint density at radius 2 is 1.85 bits per heavy atom. The van der Waals surface area contributed by atoms with Gasteiger partial charge in [0.05, 0.1) is 17.2 Å². The summed E-state index contributed by atoms with van der Waals surface area (Å²) in [5.74, 6) is 0. The second-order valence-electron chi connectivity index (χ2n) is 7.35. The molecular formula is C19H27N5OS. The van der Waals surface area contributed by atoms with Crippen molar-refractivity contribution in [1.29, 1.82) is 0 Å². The molecule has 1 aliphatic heterocycles. The fraction of sp³-hybridized carbons (Fsp3) is 0.632. The van der Waals surface area contributed by atoms with Crippen LogP contribution in [0.4, 0.5) is 0 Å².